The second kappa shape index (κ2) is 6.62. The summed E-state index contributed by atoms with van der Waals surface area (Å²) >= 11 is 5.73. The van der Waals surface area contributed by atoms with Crippen LogP contribution in [0.5, 0.6) is 0 Å². The molecule has 1 atom stereocenters. The van der Waals surface area contributed by atoms with Crippen molar-refractivity contribution in [3.63, 3.8) is 0 Å². The molecular weight excluding hydrogens is 210 g/mol. The van der Waals surface area contributed by atoms with E-state index in [1.807, 2.05) is 13.0 Å². The van der Waals surface area contributed by atoms with Crippen LogP contribution in [0.2, 0.25) is 0 Å². The molecule has 0 radical (unpaired) electrons. The molecule has 0 saturated heterocycles. The smallest absolute Gasteiger partial charge is 0.129 e. The molecule has 84 valence electrons. The van der Waals surface area contributed by atoms with Gasteiger partial charge in [-0.3, -0.25) is 0 Å². The highest BCUT2D eigenvalue weighted by Gasteiger charge is 1.99. The van der Waals surface area contributed by atoms with E-state index in [1.54, 1.807) is 6.20 Å². The lowest BCUT2D eigenvalue weighted by molar-refractivity contribution is 0.572. The summed E-state index contributed by atoms with van der Waals surface area (Å²) in [6.45, 7) is 5.00. The van der Waals surface area contributed by atoms with Crippen LogP contribution in [-0.4, -0.2) is 22.4 Å². The van der Waals surface area contributed by atoms with Crippen LogP contribution < -0.4 is 5.32 Å². The van der Waals surface area contributed by atoms with Gasteiger partial charge in [0.15, 0.2) is 0 Å². The lowest BCUT2D eigenvalue weighted by Crippen LogP contribution is -2.06. The lowest BCUT2D eigenvalue weighted by Gasteiger charge is -2.08. The zero-order valence-electron chi connectivity index (χ0n) is 9.33. The van der Waals surface area contributed by atoms with E-state index in [4.69, 9.17) is 11.6 Å². The third-order valence-electron chi connectivity index (χ3n) is 2.22. The fourth-order valence-electron chi connectivity index (χ4n) is 1.30. The molecule has 1 N–H and O–H groups in total. The van der Waals surface area contributed by atoms with E-state index < -0.39 is 0 Å². The normalized spacial score (nSPS) is 12.5. The molecule has 0 aliphatic heterocycles. The lowest BCUT2D eigenvalue weighted by atomic mass is 10.1. The fourth-order valence-corrected chi connectivity index (χ4v) is 1.45. The summed E-state index contributed by atoms with van der Waals surface area (Å²) in [6.07, 6.45) is 4.05. The van der Waals surface area contributed by atoms with Gasteiger partial charge < -0.3 is 5.32 Å². The first kappa shape index (κ1) is 12.2. The summed E-state index contributed by atoms with van der Waals surface area (Å²) in [6, 6.07) is 1.89. The maximum Gasteiger partial charge on any atom is 0.129 e. The number of anilines is 1. The van der Waals surface area contributed by atoms with Crippen LogP contribution in [0.4, 0.5) is 5.82 Å². The van der Waals surface area contributed by atoms with Crippen molar-refractivity contribution in [2.24, 2.45) is 5.92 Å². The quantitative estimate of drug-likeness (QED) is 0.600. The van der Waals surface area contributed by atoms with Gasteiger partial charge >= 0.3 is 0 Å². The Kier molecular flexibility index (Phi) is 5.40. The third kappa shape index (κ3) is 4.98. The molecule has 0 aromatic carbocycles. The number of rotatable bonds is 6. The molecule has 0 saturated carbocycles. The molecule has 0 aliphatic carbocycles. The Morgan fingerprint density at radius 3 is 3.00 bits per heavy atom. The van der Waals surface area contributed by atoms with E-state index in [0.717, 1.165) is 36.9 Å². The van der Waals surface area contributed by atoms with Crippen LogP contribution in [0.1, 0.15) is 25.6 Å². The summed E-state index contributed by atoms with van der Waals surface area (Å²) in [4.78, 5) is 8.30. The number of nitrogens with one attached hydrogen (secondary N) is 1. The molecule has 0 fully saturated rings. The van der Waals surface area contributed by atoms with Gasteiger partial charge in [0.1, 0.15) is 11.6 Å². The van der Waals surface area contributed by atoms with Crippen molar-refractivity contribution in [3.05, 3.63) is 18.1 Å². The molecule has 1 aromatic rings. The van der Waals surface area contributed by atoms with Crippen LogP contribution in [0.15, 0.2) is 12.3 Å². The van der Waals surface area contributed by atoms with Crippen molar-refractivity contribution in [3.8, 4) is 0 Å². The van der Waals surface area contributed by atoms with E-state index >= 15 is 0 Å². The number of aryl methyl sites for hydroxylation is 1. The van der Waals surface area contributed by atoms with E-state index in [1.165, 1.54) is 0 Å². The Bertz CT molecular complexity index is 291. The highest BCUT2D eigenvalue weighted by Crippen LogP contribution is 2.08. The summed E-state index contributed by atoms with van der Waals surface area (Å²) in [7, 11) is 0. The summed E-state index contributed by atoms with van der Waals surface area (Å²) in [5.74, 6) is 3.04. The van der Waals surface area contributed by atoms with Crippen molar-refractivity contribution < 1.29 is 0 Å². The van der Waals surface area contributed by atoms with Gasteiger partial charge in [0.25, 0.3) is 0 Å². The average molecular weight is 228 g/mol. The van der Waals surface area contributed by atoms with Crippen LogP contribution in [-0.2, 0) is 0 Å². The van der Waals surface area contributed by atoms with Gasteiger partial charge in [0.2, 0.25) is 0 Å². The molecule has 4 heteroatoms. The van der Waals surface area contributed by atoms with Crippen LogP contribution in [0.3, 0.4) is 0 Å². The molecule has 15 heavy (non-hydrogen) atoms. The van der Waals surface area contributed by atoms with Crippen molar-refractivity contribution in [2.45, 2.75) is 26.7 Å². The zero-order valence-corrected chi connectivity index (χ0v) is 10.1. The highest BCUT2D eigenvalue weighted by atomic mass is 35.5. The monoisotopic (exact) mass is 227 g/mol. The topological polar surface area (TPSA) is 37.8 Å². The zero-order chi connectivity index (χ0) is 11.1. The Labute approximate surface area is 96.3 Å². The van der Waals surface area contributed by atoms with Crippen LogP contribution in [0, 0.1) is 12.8 Å². The van der Waals surface area contributed by atoms with Gasteiger partial charge in [-0.2, -0.15) is 0 Å². The van der Waals surface area contributed by atoms with Gasteiger partial charge in [0.05, 0.1) is 0 Å². The second-order valence-electron chi connectivity index (χ2n) is 3.82. The average Bonchev–Trinajstić information content (AvgIpc) is 2.24. The molecule has 1 heterocycles. The molecule has 1 unspecified atom stereocenters. The third-order valence-corrected chi connectivity index (χ3v) is 2.75. The first-order valence-corrected chi connectivity index (χ1v) is 5.85. The second-order valence-corrected chi connectivity index (χ2v) is 4.13. The van der Waals surface area contributed by atoms with Gasteiger partial charge in [-0.05, 0) is 31.7 Å². The van der Waals surface area contributed by atoms with E-state index in [2.05, 4.69) is 22.2 Å². The number of hydrogen-bond acceptors (Lipinski definition) is 3. The van der Waals surface area contributed by atoms with Gasteiger partial charge in [-0.15, -0.1) is 11.6 Å². The van der Waals surface area contributed by atoms with E-state index in [9.17, 15) is 0 Å². The van der Waals surface area contributed by atoms with Crippen LogP contribution in [0.25, 0.3) is 0 Å². The number of aromatic nitrogens is 2. The van der Waals surface area contributed by atoms with Crippen molar-refractivity contribution >= 4 is 17.4 Å². The molecule has 0 bridgehead atoms. The van der Waals surface area contributed by atoms with Crippen molar-refractivity contribution in [1.82, 2.24) is 9.97 Å². The standard InChI is InChI=1S/C11H18ClN3/c1-9(8-12)4-3-6-14-11-5-7-13-10(2)15-11/h5,7,9H,3-4,6,8H2,1-2H3,(H,13,14,15). The van der Waals surface area contributed by atoms with Crippen LogP contribution >= 0.6 is 11.6 Å². The largest absolute Gasteiger partial charge is 0.370 e. The Morgan fingerprint density at radius 2 is 2.33 bits per heavy atom. The minimum atomic E-state index is 0.598. The number of halogens is 1. The Hall–Kier alpha value is -0.830. The Balaban J connectivity index is 2.20. The number of hydrogen-bond donors (Lipinski definition) is 1. The molecule has 0 spiro atoms. The van der Waals surface area contributed by atoms with Gasteiger partial charge in [-0.25, -0.2) is 9.97 Å². The predicted octanol–water partition coefficient (Wildman–Crippen LogP) is 2.85. The molecular formula is C11H18ClN3. The van der Waals surface area contributed by atoms with Crippen molar-refractivity contribution in [2.75, 3.05) is 17.7 Å². The highest BCUT2D eigenvalue weighted by molar-refractivity contribution is 6.18. The number of alkyl halides is 1. The van der Waals surface area contributed by atoms with Crippen molar-refractivity contribution in [1.29, 1.82) is 0 Å². The molecule has 1 rings (SSSR count). The summed E-state index contributed by atoms with van der Waals surface area (Å²) < 4.78 is 0. The van der Waals surface area contributed by atoms with E-state index in [-0.39, 0.29) is 0 Å². The molecule has 0 amide bonds. The maximum atomic E-state index is 5.73. The maximum absolute atomic E-state index is 5.73. The predicted molar refractivity (Wildman–Crippen MR) is 64.4 cm³/mol. The summed E-state index contributed by atoms with van der Waals surface area (Å²) in [5, 5.41) is 3.27. The molecule has 3 nitrogen and oxygen atoms in total. The minimum Gasteiger partial charge on any atom is -0.370 e. The SMILES string of the molecule is Cc1nccc(NCCCC(C)CCl)n1. The van der Waals surface area contributed by atoms with Gasteiger partial charge in [0, 0.05) is 18.6 Å². The molecule has 1 aromatic heterocycles. The first-order chi connectivity index (χ1) is 7.22. The first-order valence-electron chi connectivity index (χ1n) is 5.32. The van der Waals surface area contributed by atoms with Gasteiger partial charge in [-0.1, -0.05) is 6.92 Å². The fraction of sp³-hybridized carbons (Fsp3) is 0.636. The Morgan fingerprint density at radius 1 is 1.53 bits per heavy atom. The molecule has 0 aliphatic rings. The van der Waals surface area contributed by atoms with E-state index in [0.29, 0.717) is 5.92 Å². The minimum absolute atomic E-state index is 0.598. The summed E-state index contributed by atoms with van der Waals surface area (Å²) in [5.41, 5.74) is 0. The number of nitrogens with zero attached hydrogens (tertiary/aromatic N) is 2.